The van der Waals surface area contributed by atoms with E-state index in [2.05, 4.69) is 11.9 Å². The maximum Gasteiger partial charge on any atom is 0.0966 e. The molecule has 0 heterocycles. The van der Waals surface area contributed by atoms with Crippen molar-refractivity contribution in [3.05, 3.63) is 0 Å². The second-order valence-corrected chi connectivity index (χ2v) is 4.70. The van der Waals surface area contributed by atoms with Crippen LogP contribution in [-0.2, 0) is 0 Å². The lowest BCUT2D eigenvalue weighted by Gasteiger charge is -2.05. The minimum Gasteiger partial charge on any atom is -0.391 e. The number of aliphatic imine (C=N–C) groups is 1. The fourth-order valence-electron chi connectivity index (χ4n) is 1.92. The van der Waals surface area contributed by atoms with Gasteiger partial charge in [-0.05, 0) is 12.8 Å². The van der Waals surface area contributed by atoms with Crippen molar-refractivity contribution in [1.29, 1.82) is 0 Å². The third-order valence-electron chi connectivity index (χ3n) is 2.98. The summed E-state index contributed by atoms with van der Waals surface area (Å²) in [5, 5.41) is 8.54. The molecule has 0 saturated heterocycles. The normalized spacial score (nSPS) is 13.4. The molecular weight excluding hydrogens is 212 g/mol. The maximum absolute atomic E-state index is 8.54. The molecule has 17 heavy (non-hydrogen) atoms. The summed E-state index contributed by atoms with van der Waals surface area (Å²) in [5.41, 5.74) is 5.75. The molecule has 1 atom stereocenters. The van der Waals surface area contributed by atoms with Crippen LogP contribution in [0, 0.1) is 0 Å². The van der Waals surface area contributed by atoms with Crippen LogP contribution in [0.4, 0.5) is 0 Å². The van der Waals surface area contributed by atoms with Crippen molar-refractivity contribution >= 4 is 6.21 Å². The molecule has 0 amide bonds. The van der Waals surface area contributed by atoms with Gasteiger partial charge >= 0.3 is 0 Å². The molecule has 0 saturated carbocycles. The van der Waals surface area contributed by atoms with E-state index in [1.807, 2.05) is 0 Å². The number of unbranched alkanes of at least 4 members (excludes halogenated alkanes) is 8. The quantitative estimate of drug-likeness (QED) is 0.407. The van der Waals surface area contributed by atoms with Crippen LogP contribution in [0.1, 0.15) is 71.1 Å². The second-order valence-electron chi connectivity index (χ2n) is 4.70. The third-order valence-corrected chi connectivity index (χ3v) is 2.98. The summed E-state index contributed by atoms with van der Waals surface area (Å²) >= 11 is 0. The van der Waals surface area contributed by atoms with Crippen LogP contribution in [0.15, 0.2) is 4.99 Å². The highest BCUT2D eigenvalue weighted by molar-refractivity contribution is 5.58. The van der Waals surface area contributed by atoms with Crippen LogP contribution in [0.25, 0.3) is 0 Å². The van der Waals surface area contributed by atoms with Gasteiger partial charge in [0.05, 0.1) is 12.8 Å². The number of hydrogen-bond donors (Lipinski definition) is 2. The van der Waals surface area contributed by atoms with Crippen molar-refractivity contribution in [2.75, 3.05) is 6.61 Å². The molecule has 0 bridgehead atoms. The molecule has 1 unspecified atom stereocenters. The van der Waals surface area contributed by atoms with Crippen LogP contribution in [-0.4, -0.2) is 24.1 Å². The molecule has 3 nitrogen and oxygen atoms in total. The Bertz CT molecular complexity index is 172. The minimum atomic E-state index is -0.119. The average molecular weight is 242 g/mol. The van der Waals surface area contributed by atoms with Gasteiger partial charge in [-0.1, -0.05) is 58.3 Å². The summed E-state index contributed by atoms with van der Waals surface area (Å²) in [6.07, 6.45) is 14.3. The molecule has 0 aromatic rings. The third kappa shape index (κ3) is 13.5. The molecule has 102 valence electrons. The zero-order valence-electron chi connectivity index (χ0n) is 11.4. The highest BCUT2D eigenvalue weighted by Crippen LogP contribution is 2.11. The average Bonchev–Trinajstić information content (AvgIpc) is 2.34. The van der Waals surface area contributed by atoms with Gasteiger partial charge in [-0.15, -0.1) is 0 Å². The second kappa shape index (κ2) is 13.7. The molecule has 0 aromatic carbocycles. The molecule has 3 heteroatoms. The first-order valence-corrected chi connectivity index (χ1v) is 7.19. The summed E-state index contributed by atoms with van der Waals surface area (Å²) in [5.74, 6) is 0. The van der Waals surface area contributed by atoms with E-state index < -0.39 is 0 Å². The Hall–Kier alpha value is -0.410. The van der Waals surface area contributed by atoms with Gasteiger partial charge in [-0.25, -0.2) is 0 Å². The molecule has 0 spiro atoms. The van der Waals surface area contributed by atoms with E-state index in [-0.39, 0.29) is 12.8 Å². The Labute approximate surface area is 107 Å². The van der Waals surface area contributed by atoms with Crippen molar-refractivity contribution in [2.24, 2.45) is 10.7 Å². The molecule has 0 rings (SSSR count). The van der Waals surface area contributed by atoms with Crippen molar-refractivity contribution in [1.82, 2.24) is 0 Å². The van der Waals surface area contributed by atoms with Gasteiger partial charge in [0, 0.05) is 6.21 Å². The zero-order chi connectivity index (χ0) is 12.8. The first-order valence-electron chi connectivity index (χ1n) is 7.19. The van der Waals surface area contributed by atoms with E-state index in [1.165, 1.54) is 57.6 Å². The van der Waals surface area contributed by atoms with Crippen LogP contribution in [0.3, 0.4) is 0 Å². The van der Waals surface area contributed by atoms with E-state index in [0.29, 0.717) is 0 Å². The van der Waals surface area contributed by atoms with E-state index in [9.17, 15) is 0 Å². The Morgan fingerprint density at radius 1 is 1.00 bits per heavy atom. The molecule has 3 N–H and O–H groups in total. The molecular formula is C14H30N2O. The van der Waals surface area contributed by atoms with Crippen LogP contribution in [0.5, 0.6) is 0 Å². The standard InChI is InChI=1S/C14H30N2O/c1-2-3-4-5-6-7-8-9-10-11-14(15)16-12-13-17/h12,14,17H,2-11,13,15H2,1H3. The summed E-state index contributed by atoms with van der Waals surface area (Å²) in [6, 6.07) is 0. The Morgan fingerprint density at radius 3 is 2.06 bits per heavy atom. The van der Waals surface area contributed by atoms with Gasteiger partial charge < -0.3 is 10.8 Å². The van der Waals surface area contributed by atoms with Gasteiger partial charge in [0.25, 0.3) is 0 Å². The number of nitrogens with two attached hydrogens (primary N) is 1. The summed E-state index contributed by atoms with van der Waals surface area (Å²) in [7, 11) is 0. The van der Waals surface area contributed by atoms with Crippen LogP contribution < -0.4 is 5.73 Å². The predicted molar refractivity (Wildman–Crippen MR) is 75.4 cm³/mol. The van der Waals surface area contributed by atoms with Gasteiger partial charge in [-0.3, -0.25) is 4.99 Å². The van der Waals surface area contributed by atoms with Crippen molar-refractivity contribution < 1.29 is 5.11 Å². The SMILES string of the molecule is CCCCCCCCCCCC(N)N=CCO. The van der Waals surface area contributed by atoms with Gasteiger partial charge in [0.1, 0.15) is 0 Å². The maximum atomic E-state index is 8.54. The molecule has 0 aliphatic rings. The first-order chi connectivity index (χ1) is 8.31. The van der Waals surface area contributed by atoms with Gasteiger partial charge in [0.15, 0.2) is 0 Å². The van der Waals surface area contributed by atoms with Crippen molar-refractivity contribution in [3.8, 4) is 0 Å². The van der Waals surface area contributed by atoms with E-state index in [1.54, 1.807) is 0 Å². The van der Waals surface area contributed by atoms with E-state index >= 15 is 0 Å². The fraction of sp³-hybridized carbons (Fsp3) is 0.929. The number of nitrogens with zero attached hydrogens (tertiary/aromatic N) is 1. The number of hydrogen-bond acceptors (Lipinski definition) is 3. The molecule has 0 aliphatic carbocycles. The molecule has 0 aliphatic heterocycles. The lowest BCUT2D eigenvalue weighted by Crippen LogP contribution is -2.17. The summed E-state index contributed by atoms with van der Waals surface area (Å²) < 4.78 is 0. The van der Waals surface area contributed by atoms with Gasteiger partial charge in [0.2, 0.25) is 0 Å². The van der Waals surface area contributed by atoms with E-state index in [0.717, 1.165) is 12.8 Å². The lowest BCUT2D eigenvalue weighted by molar-refractivity contribution is 0.360. The summed E-state index contributed by atoms with van der Waals surface area (Å²) in [4.78, 5) is 4.01. The largest absolute Gasteiger partial charge is 0.391 e. The van der Waals surface area contributed by atoms with Gasteiger partial charge in [-0.2, -0.15) is 0 Å². The topological polar surface area (TPSA) is 58.6 Å². The smallest absolute Gasteiger partial charge is 0.0966 e. The van der Waals surface area contributed by atoms with Crippen molar-refractivity contribution in [2.45, 2.75) is 77.3 Å². The molecule has 0 radical (unpaired) electrons. The Morgan fingerprint density at radius 2 is 1.53 bits per heavy atom. The number of rotatable bonds is 12. The Kier molecular flexibility index (Phi) is 13.3. The van der Waals surface area contributed by atoms with Crippen LogP contribution in [0.2, 0.25) is 0 Å². The zero-order valence-corrected chi connectivity index (χ0v) is 11.4. The highest BCUT2D eigenvalue weighted by Gasteiger charge is 1.98. The van der Waals surface area contributed by atoms with Crippen LogP contribution >= 0.6 is 0 Å². The number of aliphatic hydroxyl groups is 1. The number of aliphatic hydroxyl groups excluding tert-OH is 1. The van der Waals surface area contributed by atoms with Crippen molar-refractivity contribution in [3.63, 3.8) is 0 Å². The molecule has 0 fully saturated rings. The monoisotopic (exact) mass is 242 g/mol. The minimum absolute atomic E-state index is 0.00847. The first kappa shape index (κ1) is 16.6. The Balaban J connectivity index is 3.10. The predicted octanol–water partition coefficient (Wildman–Crippen LogP) is 3.26. The lowest BCUT2D eigenvalue weighted by atomic mass is 10.1. The van der Waals surface area contributed by atoms with E-state index in [4.69, 9.17) is 10.8 Å². The fourth-order valence-corrected chi connectivity index (χ4v) is 1.92. The highest BCUT2D eigenvalue weighted by atomic mass is 16.2. The summed E-state index contributed by atoms with van der Waals surface area (Å²) in [6.45, 7) is 2.24. The molecule has 0 aromatic heterocycles.